The molecular weight excluding hydrogens is 167 g/mol. The molecule has 0 aliphatic carbocycles. The molecule has 0 aliphatic heterocycles. The zero-order valence-electron chi connectivity index (χ0n) is 7.70. The maximum Gasteiger partial charge on any atom is 0.403 e. The first kappa shape index (κ1) is 11.8. The lowest BCUT2D eigenvalue weighted by Gasteiger charge is -2.22. The van der Waals surface area contributed by atoms with E-state index < -0.39 is 12.2 Å². The summed E-state index contributed by atoms with van der Waals surface area (Å²) in [6.45, 7) is 3.73. The van der Waals surface area contributed by atoms with Crippen LogP contribution in [0.3, 0.4) is 0 Å². The molecule has 0 amide bonds. The largest absolute Gasteiger partial charge is 0.403 e. The molecule has 0 saturated heterocycles. The fourth-order valence-electron chi connectivity index (χ4n) is 0.984. The van der Waals surface area contributed by atoms with E-state index in [-0.39, 0.29) is 12.3 Å². The van der Waals surface area contributed by atoms with E-state index >= 15 is 0 Å². The first-order chi connectivity index (χ1) is 5.41. The summed E-state index contributed by atoms with van der Waals surface area (Å²) < 4.78 is 36.5. The molecule has 12 heavy (non-hydrogen) atoms. The monoisotopic (exact) mass is 183 g/mol. The van der Waals surface area contributed by atoms with Crippen LogP contribution in [-0.4, -0.2) is 19.3 Å². The molecule has 4 heteroatoms. The third-order valence-corrected chi connectivity index (χ3v) is 2.08. The van der Waals surface area contributed by atoms with Crippen molar-refractivity contribution in [3.8, 4) is 0 Å². The average molecular weight is 183 g/mol. The number of hydrogen-bond donors (Lipinski definition) is 1. The minimum Gasteiger partial charge on any atom is -0.309 e. The van der Waals surface area contributed by atoms with Gasteiger partial charge in [0.25, 0.3) is 0 Å². The third kappa shape index (κ3) is 3.95. The predicted molar refractivity (Wildman–Crippen MR) is 43.0 cm³/mol. The van der Waals surface area contributed by atoms with Gasteiger partial charge >= 0.3 is 6.18 Å². The molecule has 2 atom stereocenters. The van der Waals surface area contributed by atoms with E-state index in [4.69, 9.17) is 0 Å². The topological polar surface area (TPSA) is 12.0 Å². The Morgan fingerprint density at radius 3 is 2.08 bits per heavy atom. The van der Waals surface area contributed by atoms with Crippen LogP contribution in [0.4, 0.5) is 13.2 Å². The van der Waals surface area contributed by atoms with Gasteiger partial charge in [-0.2, -0.15) is 13.2 Å². The summed E-state index contributed by atoms with van der Waals surface area (Å²) in [7, 11) is 1.35. The highest BCUT2D eigenvalue weighted by molar-refractivity contribution is 4.75. The van der Waals surface area contributed by atoms with Gasteiger partial charge in [0.05, 0.1) is 0 Å². The lowest BCUT2D eigenvalue weighted by Crippen LogP contribution is -2.41. The summed E-state index contributed by atoms with van der Waals surface area (Å²) in [5.41, 5.74) is 0. The summed E-state index contributed by atoms with van der Waals surface area (Å²) >= 11 is 0. The molecule has 0 fully saturated rings. The SMILES string of the molecule is CCC(C)CC(NC)C(F)(F)F. The highest BCUT2D eigenvalue weighted by atomic mass is 19.4. The zero-order valence-corrected chi connectivity index (χ0v) is 7.70. The van der Waals surface area contributed by atoms with Gasteiger partial charge in [0.2, 0.25) is 0 Å². The van der Waals surface area contributed by atoms with Crippen LogP contribution < -0.4 is 5.32 Å². The van der Waals surface area contributed by atoms with Gasteiger partial charge in [-0.25, -0.2) is 0 Å². The molecule has 0 rings (SSSR count). The first-order valence-electron chi connectivity index (χ1n) is 4.15. The van der Waals surface area contributed by atoms with Crippen LogP contribution in [0.5, 0.6) is 0 Å². The van der Waals surface area contributed by atoms with Crippen molar-refractivity contribution in [3.63, 3.8) is 0 Å². The minimum atomic E-state index is -4.11. The molecule has 0 bridgehead atoms. The van der Waals surface area contributed by atoms with Gasteiger partial charge in [-0.05, 0) is 19.4 Å². The Bertz CT molecular complexity index is 122. The summed E-state index contributed by atoms with van der Waals surface area (Å²) in [6.07, 6.45) is -3.16. The Labute approximate surface area is 71.3 Å². The number of halogens is 3. The van der Waals surface area contributed by atoms with Crippen molar-refractivity contribution < 1.29 is 13.2 Å². The lowest BCUT2D eigenvalue weighted by atomic mass is 9.99. The second kappa shape index (κ2) is 4.70. The van der Waals surface area contributed by atoms with Gasteiger partial charge in [0.1, 0.15) is 6.04 Å². The van der Waals surface area contributed by atoms with Crippen LogP contribution in [0.15, 0.2) is 0 Å². The normalized spacial score (nSPS) is 17.5. The molecule has 0 aromatic carbocycles. The zero-order chi connectivity index (χ0) is 9.78. The number of nitrogens with one attached hydrogen (secondary N) is 1. The molecule has 1 nitrogen and oxygen atoms in total. The second-order valence-corrected chi connectivity index (χ2v) is 3.13. The van der Waals surface area contributed by atoms with Crippen molar-refractivity contribution in [2.24, 2.45) is 5.92 Å². The van der Waals surface area contributed by atoms with Crippen molar-refractivity contribution in [1.29, 1.82) is 0 Å². The Balaban J connectivity index is 4.00. The van der Waals surface area contributed by atoms with Gasteiger partial charge in [-0.3, -0.25) is 0 Å². The Morgan fingerprint density at radius 1 is 1.33 bits per heavy atom. The van der Waals surface area contributed by atoms with E-state index in [1.54, 1.807) is 0 Å². The van der Waals surface area contributed by atoms with Crippen LogP contribution >= 0.6 is 0 Å². The molecule has 0 heterocycles. The predicted octanol–water partition coefficient (Wildman–Crippen LogP) is 2.57. The molecule has 0 aromatic heterocycles. The molecule has 1 N–H and O–H groups in total. The van der Waals surface area contributed by atoms with Crippen molar-refractivity contribution in [2.75, 3.05) is 7.05 Å². The van der Waals surface area contributed by atoms with Gasteiger partial charge in [0.15, 0.2) is 0 Å². The summed E-state index contributed by atoms with van der Waals surface area (Å²) in [5.74, 6) is 0.115. The van der Waals surface area contributed by atoms with Gasteiger partial charge in [-0.1, -0.05) is 20.3 Å². The molecule has 2 unspecified atom stereocenters. The highest BCUT2D eigenvalue weighted by Gasteiger charge is 2.38. The van der Waals surface area contributed by atoms with E-state index in [1.165, 1.54) is 7.05 Å². The molecular formula is C8H16F3N. The van der Waals surface area contributed by atoms with E-state index in [2.05, 4.69) is 5.32 Å². The van der Waals surface area contributed by atoms with Crippen molar-refractivity contribution in [2.45, 2.75) is 38.9 Å². The van der Waals surface area contributed by atoms with Crippen molar-refractivity contribution >= 4 is 0 Å². The standard InChI is InChI=1S/C8H16F3N/c1-4-6(2)5-7(12-3)8(9,10)11/h6-7,12H,4-5H2,1-3H3. The smallest absolute Gasteiger partial charge is 0.309 e. The van der Waals surface area contributed by atoms with Crippen LogP contribution in [0, 0.1) is 5.92 Å². The van der Waals surface area contributed by atoms with Crippen LogP contribution in [0.25, 0.3) is 0 Å². The van der Waals surface area contributed by atoms with Crippen LogP contribution in [0.2, 0.25) is 0 Å². The third-order valence-electron chi connectivity index (χ3n) is 2.08. The summed E-state index contributed by atoms with van der Waals surface area (Å²) in [5, 5.41) is 2.28. The van der Waals surface area contributed by atoms with Crippen molar-refractivity contribution in [1.82, 2.24) is 5.32 Å². The van der Waals surface area contributed by atoms with Gasteiger partial charge < -0.3 is 5.32 Å². The maximum absolute atomic E-state index is 12.2. The molecule has 0 radical (unpaired) electrons. The van der Waals surface area contributed by atoms with Crippen LogP contribution in [0.1, 0.15) is 26.7 Å². The van der Waals surface area contributed by atoms with E-state index in [0.29, 0.717) is 0 Å². The first-order valence-corrected chi connectivity index (χ1v) is 4.15. The van der Waals surface area contributed by atoms with E-state index in [9.17, 15) is 13.2 Å². The number of rotatable bonds is 4. The van der Waals surface area contributed by atoms with E-state index in [0.717, 1.165) is 6.42 Å². The van der Waals surface area contributed by atoms with E-state index in [1.807, 2.05) is 13.8 Å². The average Bonchev–Trinajstić information content (AvgIpc) is 1.97. The minimum absolute atomic E-state index is 0.115. The fraction of sp³-hybridized carbons (Fsp3) is 1.00. The summed E-state index contributed by atoms with van der Waals surface area (Å²) in [6, 6.07) is -1.35. The summed E-state index contributed by atoms with van der Waals surface area (Å²) in [4.78, 5) is 0. The molecule has 0 aromatic rings. The van der Waals surface area contributed by atoms with Crippen LogP contribution in [-0.2, 0) is 0 Å². The van der Waals surface area contributed by atoms with Crippen molar-refractivity contribution in [3.05, 3.63) is 0 Å². The Hall–Kier alpha value is -0.250. The molecule has 74 valence electrons. The number of alkyl halides is 3. The molecule has 0 spiro atoms. The molecule has 0 aliphatic rings. The Morgan fingerprint density at radius 2 is 1.83 bits per heavy atom. The highest BCUT2D eigenvalue weighted by Crippen LogP contribution is 2.25. The van der Waals surface area contributed by atoms with Gasteiger partial charge in [-0.15, -0.1) is 0 Å². The Kier molecular flexibility index (Phi) is 4.60. The van der Waals surface area contributed by atoms with Gasteiger partial charge in [0, 0.05) is 0 Å². The molecule has 0 saturated carbocycles. The second-order valence-electron chi connectivity index (χ2n) is 3.13. The number of hydrogen-bond acceptors (Lipinski definition) is 1. The quantitative estimate of drug-likeness (QED) is 0.706. The fourth-order valence-corrected chi connectivity index (χ4v) is 0.984. The lowest BCUT2D eigenvalue weighted by molar-refractivity contribution is -0.158. The maximum atomic E-state index is 12.2.